The van der Waals surface area contributed by atoms with E-state index in [1.54, 1.807) is 12.3 Å². The standard InChI is InChI=1S/C12H13N3O3/c13-10(17)8-3-5-15-6-7-18-12(11(15)14-8)4-1-2-9(12)16/h3,6-7H,1-2,4-5H2,(H2,13,17). The molecule has 1 amide bonds. The number of ketones is 1. The molecule has 1 aliphatic carbocycles. The highest BCUT2D eigenvalue weighted by Gasteiger charge is 2.52. The zero-order valence-corrected chi connectivity index (χ0v) is 9.76. The van der Waals surface area contributed by atoms with Crippen LogP contribution in [0.2, 0.25) is 0 Å². The molecule has 3 aliphatic rings. The second-order valence-corrected chi connectivity index (χ2v) is 4.55. The third kappa shape index (κ3) is 1.38. The van der Waals surface area contributed by atoms with Crippen LogP contribution in [0.4, 0.5) is 0 Å². The topological polar surface area (TPSA) is 85.0 Å². The first-order valence-corrected chi connectivity index (χ1v) is 5.87. The molecule has 0 aromatic carbocycles. The molecule has 1 saturated carbocycles. The van der Waals surface area contributed by atoms with Gasteiger partial charge in [-0.1, -0.05) is 0 Å². The van der Waals surface area contributed by atoms with Crippen LogP contribution in [-0.4, -0.2) is 34.6 Å². The number of aliphatic imine (C=N–C) groups is 1. The molecule has 1 fully saturated rings. The summed E-state index contributed by atoms with van der Waals surface area (Å²) < 4.78 is 5.55. The summed E-state index contributed by atoms with van der Waals surface area (Å²) in [4.78, 5) is 29.3. The molecule has 6 heteroatoms. The van der Waals surface area contributed by atoms with Crippen molar-refractivity contribution in [1.29, 1.82) is 0 Å². The Morgan fingerprint density at radius 2 is 2.39 bits per heavy atom. The number of nitrogens with two attached hydrogens (primary N) is 1. The number of carbonyl (C=O) groups is 2. The molecule has 18 heavy (non-hydrogen) atoms. The highest BCUT2D eigenvalue weighted by atomic mass is 16.5. The molecular formula is C12H13N3O3. The van der Waals surface area contributed by atoms with Crippen LogP contribution in [0.25, 0.3) is 0 Å². The molecule has 0 bridgehead atoms. The van der Waals surface area contributed by atoms with Gasteiger partial charge in [0.2, 0.25) is 5.60 Å². The highest BCUT2D eigenvalue weighted by molar-refractivity contribution is 6.15. The summed E-state index contributed by atoms with van der Waals surface area (Å²) in [6, 6.07) is 0. The minimum absolute atomic E-state index is 0.0151. The number of fused-ring (bicyclic) bond motifs is 2. The van der Waals surface area contributed by atoms with Gasteiger partial charge >= 0.3 is 0 Å². The number of Topliss-reactive ketones (excluding diaryl/α,β-unsaturated/α-hetero) is 1. The van der Waals surface area contributed by atoms with Gasteiger partial charge in [-0.05, 0) is 12.5 Å². The maximum atomic E-state index is 12.1. The first-order valence-electron chi connectivity index (χ1n) is 5.87. The zero-order chi connectivity index (χ0) is 12.8. The van der Waals surface area contributed by atoms with E-state index in [0.717, 1.165) is 6.42 Å². The van der Waals surface area contributed by atoms with Gasteiger partial charge in [0, 0.05) is 25.6 Å². The number of hydrogen-bond donors (Lipinski definition) is 1. The molecule has 1 unspecified atom stereocenters. The molecule has 94 valence electrons. The molecule has 0 radical (unpaired) electrons. The maximum absolute atomic E-state index is 12.1. The lowest BCUT2D eigenvalue weighted by molar-refractivity contribution is -0.129. The normalized spacial score (nSPS) is 29.8. The highest BCUT2D eigenvalue weighted by Crippen LogP contribution is 2.36. The number of ether oxygens (including phenoxy) is 1. The predicted octanol–water partition coefficient (Wildman–Crippen LogP) is 0.0629. The summed E-state index contributed by atoms with van der Waals surface area (Å²) in [5.41, 5.74) is 4.42. The molecule has 2 N–H and O–H groups in total. The summed E-state index contributed by atoms with van der Waals surface area (Å²) in [7, 11) is 0. The number of rotatable bonds is 1. The fraction of sp³-hybridized carbons (Fsp3) is 0.417. The Morgan fingerprint density at radius 3 is 3.06 bits per heavy atom. The van der Waals surface area contributed by atoms with Crippen LogP contribution >= 0.6 is 0 Å². The van der Waals surface area contributed by atoms with E-state index in [1.165, 1.54) is 6.26 Å². The number of amidine groups is 1. The first kappa shape index (κ1) is 11.0. The quantitative estimate of drug-likeness (QED) is 0.710. The molecule has 0 aromatic heterocycles. The van der Waals surface area contributed by atoms with Crippen LogP contribution in [0, 0.1) is 0 Å². The molecule has 3 rings (SSSR count). The Balaban J connectivity index is 2.07. The summed E-state index contributed by atoms with van der Waals surface area (Å²) >= 11 is 0. The summed E-state index contributed by atoms with van der Waals surface area (Å²) in [6.07, 6.45) is 6.73. The average molecular weight is 247 g/mol. The van der Waals surface area contributed by atoms with Gasteiger partial charge in [0.25, 0.3) is 5.91 Å². The van der Waals surface area contributed by atoms with Gasteiger partial charge in [-0.2, -0.15) is 0 Å². The minimum atomic E-state index is -1.01. The second-order valence-electron chi connectivity index (χ2n) is 4.55. The van der Waals surface area contributed by atoms with Crippen LogP contribution < -0.4 is 5.73 Å². The van der Waals surface area contributed by atoms with Gasteiger partial charge in [0.15, 0.2) is 11.6 Å². The van der Waals surface area contributed by atoms with Gasteiger partial charge in [-0.15, -0.1) is 0 Å². The fourth-order valence-electron chi connectivity index (χ4n) is 2.58. The van der Waals surface area contributed by atoms with Crippen LogP contribution in [-0.2, 0) is 14.3 Å². The van der Waals surface area contributed by atoms with Crippen molar-refractivity contribution in [2.75, 3.05) is 6.54 Å². The van der Waals surface area contributed by atoms with Gasteiger partial charge in [0.05, 0.1) is 0 Å². The lowest BCUT2D eigenvalue weighted by Crippen LogP contribution is -2.54. The summed E-state index contributed by atoms with van der Waals surface area (Å²) in [5.74, 6) is -0.0811. The van der Waals surface area contributed by atoms with E-state index in [1.807, 2.05) is 4.90 Å². The maximum Gasteiger partial charge on any atom is 0.267 e. The molecule has 1 atom stereocenters. The van der Waals surface area contributed by atoms with E-state index in [2.05, 4.69) is 4.99 Å². The van der Waals surface area contributed by atoms with Crippen LogP contribution in [0.5, 0.6) is 0 Å². The minimum Gasteiger partial charge on any atom is -0.478 e. The number of amides is 1. The van der Waals surface area contributed by atoms with E-state index in [0.29, 0.717) is 25.2 Å². The van der Waals surface area contributed by atoms with Gasteiger partial charge < -0.3 is 15.4 Å². The molecule has 2 heterocycles. The SMILES string of the molecule is NC(=O)C1=CCN2C=COC3(CCCC3=O)C2=N1. The van der Waals surface area contributed by atoms with E-state index >= 15 is 0 Å². The van der Waals surface area contributed by atoms with Crippen molar-refractivity contribution in [3.05, 3.63) is 24.2 Å². The van der Waals surface area contributed by atoms with E-state index in [4.69, 9.17) is 10.5 Å². The van der Waals surface area contributed by atoms with Crippen molar-refractivity contribution < 1.29 is 14.3 Å². The van der Waals surface area contributed by atoms with Crippen molar-refractivity contribution in [3.63, 3.8) is 0 Å². The number of nitrogens with zero attached hydrogens (tertiary/aromatic N) is 2. The van der Waals surface area contributed by atoms with Crippen molar-refractivity contribution >= 4 is 17.5 Å². The predicted molar refractivity (Wildman–Crippen MR) is 63.2 cm³/mol. The van der Waals surface area contributed by atoms with Gasteiger partial charge in [-0.3, -0.25) is 9.59 Å². The summed E-state index contributed by atoms with van der Waals surface area (Å²) in [6.45, 7) is 0.478. The largest absolute Gasteiger partial charge is 0.478 e. The lowest BCUT2D eigenvalue weighted by atomic mass is 9.96. The third-order valence-corrected chi connectivity index (χ3v) is 3.49. The monoisotopic (exact) mass is 247 g/mol. The van der Waals surface area contributed by atoms with Crippen molar-refractivity contribution in [2.45, 2.75) is 24.9 Å². The lowest BCUT2D eigenvalue weighted by Gasteiger charge is -2.38. The molecule has 2 aliphatic heterocycles. The Morgan fingerprint density at radius 1 is 1.56 bits per heavy atom. The number of primary amides is 1. The first-order chi connectivity index (χ1) is 8.63. The molecule has 1 spiro atoms. The van der Waals surface area contributed by atoms with Gasteiger partial charge in [0.1, 0.15) is 12.0 Å². The number of carbonyl (C=O) groups excluding carboxylic acids is 2. The summed E-state index contributed by atoms with van der Waals surface area (Å²) in [5, 5.41) is 0. The second kappa shape index (κ2) is 3.69. The van der Waals surface area contributed by atoms with Crippen LogP contribution in [0.1, 0.15) is 19.3 Å². The van der Waals surface area contributed by atoms with E-state index < -0.39 is 11.5 Å². The smallest absolute Gasteiger partial charge is 0.267 e. The Labute approximate surface area is 104 Å². The molecule has 0 saturated heterocycles. The van der Waals surface area contributed by atoms with E-state index in [9.17, 15) is 9.59 Å². The average Bonchev–Trinajstić information content (AvgIpc) is 2.72. The number of hydrogen-bond acceptors (Lipinski definition) is 5. The molecular weight excluding hydrogens is 234 g/mol. The van der Waals surface area contributed by atoms with Crippen LogP contribution in [0.15, 0.2) is 29.2 Å². The van der Waals surface area contributed by atoms with E-state index in [-0.39, 0.29) is 11.5 Å². The van der Waals surface area contributed by atoms with Gasteiger partial charge in [-0.25, -0.2) is 4.99 Å². The molecule has 0 aromatic rings. The Bertz CT molecular complexity index is 521. The molecule has 6 nitrogen and oxygen atoms in total. The Hall–Kier alpha value is -2.11. The van der Waals surface area contributed by atoms with Crippen molar-refractivity contribution in [3.8, 4) is 0 Å². The van der Waals surface area contributed by atoms with Crippen LogP contribution in [0.3, 0.4) is 0 Å². The fourth-order valence-corrected chi connectivity index (χ4v) is 2.58. The Kier molecular flexibility index (Phi) is 2.26. The van der Waals surface area contributed by atoms with Crippen molar-refractivity contribution in [2.24, 2.45) is 10.7 Å². The third-order valence-electron chi connectivity index (χ3n) is 3.49. The van der Waals surface area contributed by atoms with Crippen molar-refractivity contribution in [1.82, 2.24) is 4.90 Å². The zero-order valence-electron chi connectivity index (χ0n) is 9.76.